The van der Waals surface area contributed by atoms with Gasteiger partial charge >= 0.3 is 12.6 Å². The molecule has 1 N–H and O–H groups in total. The molecule has 0 aliphatic carbocycles. The molecular weight excluding hydrogens is 422 g/mol. The first kappa shape index (κ1) is 23.5. The summed E-state index contributed by atoms with van der Waals surface area (Å²) in [7, 11) is 0. The van der Waals surface area contributed by atoms with Crippen LogP contribution in [0.25, 0.3) is 11.3 Å². The molecule has 11 heteroatoms. The van der Waals surface area contributed by atoms with E-state index in [1.165, 1.54) is 16.9 Å². The number of hydrogen-bond donors (Lipinski definition) is 1. The Hall–Kier alpha value is -2.75. The third kappa shape index (κ3) is 5.24. The van der Waals surface area contributed by atoms with E-state index in [0.717, 1.165) is 0 Å². The standard InChI is InChI=1S/C19H23ClF2N4O4/c1-6-26-15(13(20)14(25-26)16(27)29-7-2)10-9-23-12(8-11(10)30-18(21)22)24-17(28)19(3,4)5/h8-9,18H,6-7H2,1-5H3,(H,23,24,28). The molecule has 0 atom stereocenters. The van der Waals surface area contributed by atoms with E-state index in [1.807, 2.05) is 0 Å². The van der Waals surface area contributed by atoms with Crippen molar-refractivity contribution in [1.82, 2.24) is 14.8 Å². The number of amides is 1. The third-order valence-corrected chi connectivity index (χ3v) is 4.28. The summed E-state index contributed by atoms with van der Waals surface area (Å²) in [6.45, 7) is 5.72. The molecule has 0 aromatic carbocycles. The molecular formula is C19H23ClF2N4O4. The largest absolute Gasteiger partial charge is 0.461 e. The molecule has 2 rings (SSSR count). The highest BCUT2D eigenvalue weighted by Gasteiger charge is 2.27. The molecule has 1 amide bonds. The lowest BCUT2D eigenvalue weighted by Crippen LogP contribution is -2.28. The highest BCUT2D eigenvalue weighted by Crippen LogP contribution is 2.38. The lowest BCUT2D eigenvalue weighted by molar-refractivity contribution is -0.123. The van der Waals surface area contributed by atoms with Crippen LogP contribution in [0, 0.1) is 5.41 Å². The SMILES string of the molecule is CCOC(=O)c1nn(CC)c(-c2cnc(NC(=O)C(C)(C)C)cc2OC(F)F)c1Cl. The van der Waals surface area contributed by atoms with Gasteiger partial charge in [-0.3, -0.25) is 9.48 Å². The summed E-state index contributed by atoms with van der Waals surface area (Å²) >= 11 is 6.34. The number of ether oxygens (including phenoxy) is 2. The lowest BCUT2D eigenvalue weighted by atomic mass is 9.96. The first-order valence-corrected chi connectivity index (χ1v) is 9.57. The molecule has 0 saturated heterocycles. The number of anilines is 1. The van der Waals surface area contributed by atoms with Gasteiger partial charge in [0.25, 0.3) is 0 Å². The Bertz CT molecular complexity index is 941. The first-order chi connectivity index (χ1) is 14.0. The zero-order valence-corrected chi connectivity index (χ0v) is 18.0. The topological polar surface area (TPSA) is 95.3 Å². The van der Waals surface area contributed by atoms with Crippen molar-refractivity contribution in [1.29, 1.82) is 0 Å². The van der Waals surface area contributed by atoms with Crippen LogP contribution in [-0.4, -0.2) is 39.9 Å². The first-order valence-electron chi connectivity index (χ1n) is 9.19. The van der Waals surface area contributed by atoms with Crippen LogP contribution in [0.2, 0.25) is 5.02 Å². The predicted molar refractivity (Wildman–Crippen MR) is 107 cm³/mol. The van der Waals surface area contributed by atoms with E-state index >= 15 is 0 Å². The van der Waals surface area contributed by atoms with Crippen LogP contribution in [0.5, 0.6) is 5.75 Å². The summed E-state index contributed by atoms with van der Waals surface area (Å²) in [5.41, 5.74) is -0.621. The summed E-state index contributed by atoms with van der Waals surface area (Å²) < 4.78 is 37.0. The number of carbonyl (C=O) groups excluding carboxylic acids is 2. The summed E-state index contributed by atoms with van der Waals surface area (Å²) in [5.74, 6) is -1.35. The number of aromatic nitrogens is 3. The minimum atomic E-state index is -3.14. The maximum Gasteiger partial charge on any atom is 0.387 e. The fourth-order valence-corrected chi connectivity index (χ4v) is 2.75. The molecule has 8 nitrogen and oxygen atoms in total. The Morgan fingerprint density at radius 1 is 1.30 bits per heavy atom. The van der Waals surface area contributed by atoms with Crippen LogP contribution in [0.15, 0.2) is 12.3 Å². The number of nitrogens with one attached hydrogen (secondary N) is 1. The molecule has 0 fully saturated rings. The highest BCUT2D eigenvalue weighted by atomic mass is 35.5. The number of aryl methyl sites for hydroxylation is 1. The number of carbonyl (C=O) groups is 2. The summed E-state index contributed by atoms with van der Waals surface area (Å²) in [6.07, 6.45) is 1.22. The lowest BCUT2D eigenvalue weighted by Gasteiger charge is -2.18. The molecule has 30 heavy (non-hydrogen) atoms. The summed E-state index contributed by atoms with van der Waals surface area (Å²) in [5, 5.41) is 6.59. The van der Waals surface area contributed by atoms with E-state index in [2.05, 4.69) is 20.1 Å². The zero-order valence-electron chi connectivity index (χ0n) is 17.3. The average molecular weight is 445 g/mol. The maximum absolute atomic E-state index is 13.1. The van der Waals surface area contributed by atoms with Crippen LogP contribution in [0.3, 0.4) is 0 Å². The molecule has 2 heterocycles. The highest BCUT2D eigenvalue weighted by molar-refractivity contribution is 6.36. The van der Waals surface area contributed by atoms with E-state index in [-0.39, 0.29) is 52.6 Å². The Kier molecular flexibility index (Phi) is 7.35. The van der Waals surface area contributed by atoms with Gasteiger partial charge in [-0.05, 0) is 13.8 Å². The molecule has 0 radical (unpaired) electrons. The Morgan fingerprint density at radius 2 is 1.97 bits per heavy atom. The van der Waals surface area contributed by atoms with Crippen molar-refractivity contribution < 1.29 is 27.8 Å². The van der Waals surface area contributed by atoms with Crippen LogP contribution in [0.1, 0.15) is 45.1 Å². The Morgan fingerprint density at radius 3 is 2.50 bits per heavy atom. The number of nitrogens with zero attached hydrogens (tertiary/aromatic N) is 3. The van der Waals surface area contributed by atoms with Crippen LogP contribution in [0.4, 0.5) is 14.6 Å². The molecule has 0 aliphatic rings. The molecule has 0 saturated carbocycles. The van der Waals surface area contributed by atoms with Gasteiger partial charge in [0.2, 0.25) is 5.91 Å². The second-order valence-corrected chi connectivity index (χ2v) is 7.57. The van der Waals surface area contributed by atoms with Crippen LogP contribution < -0.4 is 10.1 Å². The van der Waals surface area contributed by atoms with E-state index in [1.54, 1.807) is 34.6 Å². The monoisotopic (exact) mass is 444 g/mol. The fraction of sp³-hybridized carbons (Fsp3) is 0.474. The van der Waals surface area contributed by atoms with Crippen molar-refractivity contribution in [2.24, 2.45) is 5.41 Å². The quantitative estimate of drug-likeness (QED) is 0.637. The van der Waals surface area contributed by atoms with Gasteiger partial charge in [0.05, 0.1) is 17.9 Å². The Balaban J connectivity index is 2.58. The van der Waals surface area contributed by atoms with Gasteiger partial charge in [0.1, 0.15) is 16.6 Å². The fourth-order valence-electron chi connectivity index (χ4n) is 2.44. The molecule has 0 unspecified atom stereocenters. The van der Waals surface area contributed by atoms with Gasteiger partial charge in [0, 0.05) is 24.2 Å². The van der Waals surface area contributed by atoms with Crippen molar-refractivity contribution in [3.8, 4) is 17.0 Å². The zero-order chi connectivity index (χ0) is 22.6. The van der Waals surface area contributed by atoms with Gasteiger partial charge in [-0.25, -0.2) is 9.78 Å². The number of rotatable bonds is 7. The number of hydrogen-bond acceptors (Lipinski definition) is 6. The third-order valence-electron chi connectivity index (χ3n) is 3.92. The second-order valence-electron chi connectivity index (χ2n) is 7.20. The summed E-state index contributed by atoms with van der Waals surface area (Å²) in [6, 6.07) is 1.17. The van der Waals surface area contributed by atoms with Crippen molar-refractivity contribution >= 4 is 29.3 Å². The molecule has 2 aromatic rings. The van der Waals surface area contributed by atoms with Crippen molar-refractivity contribution in [3.05, 3.63) is 23.0 Å². The molecule has 164 valence electrons. The smallest absolute Gasteiger partial charge is 0.387 e. The number of pyridine rings is 1. The van der Waals surface area contributed by atoms with E-state index < -0.39 is 18.0 Å². The van der Waals surface area contributed by atoms with Crippen LogP contribution in [-0.2, 0) is 16.1 Å². The summed E-state index contributed by atoms with van der Waals surface area (Å²) in [4.78, 5) is 28.4. The van der Waals surface area contributed by atoms with Gasteiger partial charge in [-0.2, -0.15) is 13.9 Å². The maximum atomic E-state index is 13.1. The average Bonchev–Trinajstić information content (AvgIpc) is 2.97. The molecule has 2 aromatic heterocycles. The number of halogens is 3. The van der Waals surface area contributed by atoms with Gasteiger partial charge in [0.15, 0.2) is 5.69 Å². The number of alkyl halides is 2. The van der Waals surface area contributed by atoms with E-state index in [9.17, 15) is 18.4 Å². The minimum Gasteiger partial charge on any atom is -0.461 e. The predicted octanol–water partition coefficient (Wildman–Crippen LogP) is 4.38. The number of esters is 1. The minimum absolute atomic E-state index is 0.0265. The van der Waals surface area contributed by atoms with Gasteiger partial charge < -0.3 is 14.8 Å². The van der Waals surface area contributed by atoms with Gasteiger partial charge in [-0.1, -0.05) is 32.4 Å². The van der Waals surface area contributed by atoms with Crippen molar-refractivity contribution in [2.75, 3.05) is 11.9 Å². The van der Waals surface area contributed by atoms with E-state index in [0.29, 0.717) is 0 Å². The van der Waals surface area contributed by atoms with Crippen molar-refractivity contribution in [3.63, 3.8) is 0 Å². The molecule has 0 spiro atoms. The van der Waals surface area contributed by atoms with Gasteiger partial charge in [-0.15, -0.1) is 0 Å². The second kappa shape index (κ2) is 9.38. The van der Waals surface area contributed by atoms with Crippen molar-refractivity contribution in [2.45, 2.75) is 47.8 Å². The molecule has 0 bridgehead atoms. The van der Waals surface area contributed by atoms with Crippen LogP contribution >= 0.6 is 11.6 Å². The molecule has 0 aliphatic heterocycles. The van der Waals surface area contributed by atoms with E-state index in [4.69, 9.17) is 16.3 Å². The normalized spacial score (nSPS) is 11.5. The Labute approximate surface area is 177 Å².